The van der Waals surface area contributed by atoms with E-state index in [1.165, 1.54) is 12.1 Å². The number of alkyl halides is 1. The Labute approximate surface area is 127 Å². The second-order valence-corrected chi connectivity index (χ2v) is 5.61. The van der Waals surface area contributed by atoms with Gasteiger partial charge in [0.1, 0.15) is 0 Å². The van der Waals surface area contributed by atoms with Crippen LogP contribution in [0.5, 0.6) is 5.75 Å². The van der Waals surface area contributed by atoms with Gasteiger partial charge in [-0.3, -0.25) is 4.79 Å². The van der Waals surface area contributed by atoms with Gasteiger partial charge in [-0.25, -0.2) is 13.6 Å². The van der Waals surface area contributed by atoms with Crippen molar-refractivity contribution in [1.29, 1.82) is 0 Å². The summed E-state index contributed by atoms with van der Waals surface area (Å²) in [6, 6.07) is 4.09. The summed E-state index contributed by atoms with van der Waals surface area (Å²) in [5.74, 6) is -2.91. The SMILES string of the molecule is O=C(COc1ccc(Br)cc1F)N1CCC(F)(C(=O)O)C1. The van der Waals surface area contributed by atoms with Crippen LogP contribution in [0.2, 0.25) is 0 Å². The number of amides is 1. The van der Waals surface area contributed by atoms with Gasteiger partial charge in [-0.2, -0.15) is 0 Å². The monoisotopic (exact) mass is 363 g/mol. The van der Waals surface area contributed by atoms with Gasteiger partial charge in [0.05, 0.1) is 6.54 Å². The minimum Gasteiger partial charge on any atom is -0.481 e. The smallest absolute Gasteiger partial charge is 0.343 e. The van der Waals surface area contributed by atoms with E-state index in [1.54, 1.807) is 6.07 Å². The number of carbonyl (C=O) groups is 2. The lowest BCUT2D eigenvalue weighted by molar-refractivity contribution is -0.150. The number of hydrogen-bond donors (Lipinski definition) is 1. The lowest BCUT2D eigenvalue weighted by Gasteiger charge is -2.18. The summed E-state index contributed by atoms with van der Waals surface area (Å²) in [6.45, 7) is -1.00. The van der Waals surface area contributed by atoms with Gasteiger partial charge in [-0.15, -0.1) is 0 Å². The molecule has 21 heavy (non-hydrogen) atoms. The van der Waals surface area contributed by atoms with Gasteiger partial charge >= 0.3 is 5.97 Å². The quantitative estimate of drug-likeness (QED) is 0.888. The van der Waals surface area contributed by atoms with Gasteiger partial charge in [0.25, 0.3) is 5.91 Å². The van der Waals surface area contributed by atoms with E-state index < -0.39 is 36.5 Å². The molecule has 1 amide bonds. The largest absolute Gasteiger partial charge is 0.481 e. The van der Waals surface area contributed by atoms with Crippen LogP contribution in [0.3, 0.4) is 0 Å². The maximum Gasteiger partial charge on any atom is 0.343 e. The van der Waals surface area contributed by atoms with Crippen molar-refractivity contribution in [2.24, 2.45) is 0 Å². The maximum absolute atomic E-state index is 13.8. The van der Waals surface area contributed by atoms with Crippen molar-refractivity contribution in [2.75, 3.05) is 19.7 Å². The number of likely N-dealkylation sites (tertiary alicyclic amines) is 1. The number of aliphatic carboxylic acids is 1. The summed E-state index contributed by atoms with van der Waals surface area (Å²) in [4.78, 5) is 23.6. The molecule has 5 nitrogen and oxygen atoms in total. The highest BCUT2D eigenvalue weighted by molar-refractivity contribution is 9.10. The molecule has 0 saturated carbocycles. The average Bonchev–Trinajstić information content (AvgIpc) is 2.82. The lowest BCUT2D eigenvalue weighted by atomic mass is 10.1. The first-order valence-corrected chi connectivity index (χ1v) is 6.89. The molecule has 0 bridgehead atoms. The number of carboxylic acid groups (broad SMARTS) is 1. The van der Waals surface area contributed by atoms with Gasteiger partial charge in [0.15, 0.2) is 18.2 Å². The van der Waals surface area contributed by atoms with Gasteiger partial charge in [0.2, 0.25) is 5.67 Å². The van der Waals surface area contributed by atoms with E-state index in [1.807, 2.05) is 0 Å². The highest BCUT2D eigenvalue weighted by Crippen LogP contribution is 2.26. The van der Waals surface area contributed by atoms with Crippen LogP contribution in [0.25, 0.3) is 0 Å². The summed E-state index contributed by atoms with van der Waals surface area (Å²) < 4.78 is 32.9. The average molecular weight is 364 g/mol. The Morgan fingerprint density at radius 3 is 2.76 bits per heavy atom. The van der Waals surface area contributed by atoms with Crippen molar-refractivity contribution in [3.05, 3.63) is 28.5 Å². The molecule has 1 heterocycles. The van der Waals surface area contributed by atoms with Crippen molar-refractivity contribution >= 4 is 27.8 Å². The molecule has 2 rings (SSSR count). The van der Waals surface area contributed by atoms with Crippen LogP contribution in [-0.2, 0) is 9.59 Å². The standard InChI is InChI=1S/C13H12BrF2NO4/c14-8-1-2-10(9(15)5-8)21-6-11(18)17-4-3-13(16,7-17)12(19)20/h1-2,5H,3-4,6-7H2,(H,19,20). The number of carbonyl (C=O) groups excluding carboxylic acids is 1. The Balaban J connectivity index is 1.93. The third-order valence-electron chi connectivity index (χ3n) is 3.20. The molecule has 1 saturated heterocycles. The zero-order chi connectivity index (χ0) is 15.6. The molecule has 0 aliphatic carbocycles. The Bertz CT molecular complexity index is 583. The number of hydrogen-bond acceptors (Lipinski definition) is 3. The van der Waals surface area contributed by atoms with Crippen molar-refractivity contribution in [1.82, 2.24) is 4.90 Å². The van der Waals surface area contributed by atoms with Crippen molar-refractivity contribution in [2.45, 2.75) is 12.1 Å². The molecular weight excluding hydrogens is 352 g/mol. The Kier molecular flexibility index (Phi) is 4.46. The molecular formula is C13H12BrF2NO4. The lowest BCUT2D eigenvalue weighted by Crippen LogP contribution is -2.40. The molecule has 1 unspecified atom stereocenters. The molecule has 8 heteroatoms. The molecule has 1 aliphatic heterocycles. The van der Waals surface area contributed by atoms with E-state index >= 15 is 0 Å². The molecule has 1 fully saturated rings. The van der Waals surface area contributed by atoms with Crippen molar-refractivity contribution in [3.63, 3.8) is 0 Å². The fraction of sp³-hybridized carbons (Fsp3) is 0.385. The molecule has 1 atom stereocenters. The molecule has 0 aromatic heterocycles. The predicted octanol–water partition coefficient (Wildman–Crippen LogP) is 1.99. The van der Waals surface area contributed by atoms with Crippen molar-refractivity contribution in [3.8, 4) is 5.75 Å². The number of benzene rings is 1. The fourth-order valence-corrected chi connectivity index (χ4v) is 2.32. The van der Waals surface area contributed by atoms with Crippen LogP contribution < -0.4 is 4.74 Å². The third kappa shape index (κ3) is 3.49. The summed E-state index contributed by atoms with van der Waals surface area (Å²) >= 11 is 3.09. The highest BCUT2D eigenvalue weighted by atomic mass is 79.9. The highest BCUT2D eigenvalue weighted by Gasteiger charge is 2.46. The molecule has 1 aromatic carbocycles. The Morgan fingerprint density at radius 1 is 1.48 bits per heavy atom. The summed E-state index contributed by atoms with van der Waals surface area (Å²) in [6.07, 6.45) is -0.263. The fourth-order valence-electron chi connectivity index (χ4n) is 1.98. The third-order valence-corrected chi connectivity index (χ3v) is 3.69. The zero-order valence-corrected chi connectivity index (χ0v) is 12.4. The second kappa shape index (κ2) is 5.97. The van der Waals surface area contributed by atoms with E-state index in [4.69, 9.17) is 9.84 Å². The number of rotatable bonds is 4. The van der Waals surface area contributed by atoms with E-state index in [2.05, 4.69) is 15.9 Å². The minimum absolute atomic E-state index is 0.00614. The molecule has 1 aromatic rings. The number of ether oxygens (including phenoxy) is 1. The van der Waals surface area contributed by atoms with Crippen LogP contribution >= 0.6 is 15.9 Å². The van der Waals surface area contributed by atoms with Crippen LogP contribution in [-0.4, -0.2) is 47.2 Å². The zero-order valence-electron chi connectivity index (χ0n) is 10.8. The van der Waals surface area contributed by atoms with E-state index in [0.717, 1.165) is 4.90 Å². The summed E-state index contributed by atoms with van der Waals surface area (Å²) in [7, 11) is 0. The Hall–Kier alpha value is -1.70. The molecule has 0 spiro atoms. The van der Waals surface area contributed by atoms with Gasteiger partial charge in [0, 0.05) is 17.4 Å². The normalized spacial score (nSPS) is 21.4. The molecule has 1 N–H and O–H groups in total. The van der Waals surface area contributed by atoms with Crippen LogP contribution in [0.15, 0.2) is 22.7 Å². The van der Waals surface area contributed by atoms with Gasteiger partial charge in [-0.1, -0.05) is 15.9 Å². The molecule has 114 valence electrons. The predicted molar refractivity (Wildman–Crippen MR) is 72.3 cm³/mol. The maximum atomic E-state index is 13.8. The van der Waals surface area contributed by atoms with Crippen LogP contribution in [0, 0.1) is 5.82 Å². The van der Waals surface area contributed by atoms with Gasteiger partial charge < -0.3 is 14.7 Å². The van der Waals surface area contributed by atoms with E-state index in [-0.39, 0.29) is 18.7 Å². The minimum atomic E-state index is -2.42. The van der Waals surface area contributed by atoms with Gasteiger partial charge in [-0.05, 0) is 18.2 Å². The number of halogens is 3. The first kappa shape index (κ1) is 15.7. The second-order valence-electron chi connectivity index (χ2n) is 4.70. The van der Waals surface area contributed by atoms with E-state index in [9.17, 15) is 18.4 Å². The van der Waals surface area contributed by atoms with Crippen LogP contribution in [0.4, 0.5) is 8.78 Å². The summed E-state index contributed by atoms with van der Waals surface area (Å²) in [5.41, 5.74) is -2.42. The molecule has 1 aliphatic rings. The topological polar surface area (TPSA) is 66.8 Å². The summed E-state index contributed by atoms with van der Waals surface area (Å²) in [5, 5.41) is 8.74. The first-order valence-electron chi connectivity index (χ1n) is 6.10. The van der Waals surface area contributed by atoms with Crippen molar-refractivity contribution < 1.29 is 28.2 Å². The first-order chi connectivity index (χ1) is 9.82. The van der Waals surface area contributed by atoms with Crippen LogP contribution in [0.1, 0.15) is 6.42 Å². The van der Waals surface area contributed by atoms with E-state index in [0.29, 0.717) is 4.47 Å². The number of carboxylic acids is 1. The Morgan fingerprint density at radius 2 is 2.19 bits per heavy atom. The molecule has 0 radical (unpaired) electrons. The number of nitrogens with zero attached hydrogens (tertiary/aromatic N) is 1.